The van der Waals surface area contributed by atoms with Crippen LogP contribution in [0, 0.1) is 5.92 Å². The first-order chi connectivity index (χ1) is 9.16. The van der Waals surface area contributed by atoms with Gasteiger partial charge in [0, 0.05) is 6.04 Å². The summed E-state index contributed by atoms with van der Waals surface area (Å²) in [5.41, 5.74) is 7.09. The molecule has 1 aromatic rings. The van der Waals surface area contributed by atoms with E-state index in [2.05, 4.69) is 12.2 Å². The van der Waals surface area contributed by atoms with E-state index < -0.39 is 6.04 Å². The summed E-state index contributed by atoms with van der Waals surface area (Å²) in [4.78, 5) is 12.1. The molecule has 20 heavy (non-hydrogen) atoms. The van der Waals surface area contributed by atoms with Gasteiger partial charge in [0.25, 0.3) is 0 Å². The Morgan fingerprint density at radius 1 is 1.30 bits per heavy atom. The fraction of sp³-hybridized carbons (Fsp3) is 0.562. The number of nitrogens with one attached hydrogen (secondary N) is 1. The molecular formula is C16H25ClN2O. The van der Waals surface area contributed by atoms with Crippen molar-refractivity contribution in [3.63, 3.8) is 0 Å². The number of amides is 1. The maximum absolute atomic E-state index is 12.1. The second kappa shape index (κ2) is 8.28. The minimum Gasteiger partial charge on any atom is -0.352 e. The largest absolute Gasteiger partial charge is 0.352 e. The second-order valence-electron chi connectivity index (χ2n) is 5.64. The van der Waals surface area contributed by atoms with Crippen molar-refractivity contribution in [1.29, 1.82) is 0 Å². The molecule has 1 amide bonds. The fourth-order valence-electron chi connectivity index (χ4n) is 2.87. The van der Waals surface area contributed by atoms with Gasteiger partial charge in [-0.2, -0.15) is 0 Å². The maximum Gasteiger partial charge on any atom is 0.237 e. The van der Waals surface area contributed by atoms with Crippen molar-refractivity contribution < 1.29 is 4.79 Å². The molecule has 4 heteroatoms. The average molecular weight is 297 g/mol. The van der Waals surface area contributed by atoms with E-state index in [0.29, 0.717) is 12.3 Å². The predicted molar refractivity (Wildman–Crippen MR) is 84.9 cm³/mol. The normalized spacial score (nSPS) is 18.1. The molecule has 0 aromatic heterocycles. The number of halogens is 1. The highest BCUT2D eigenvalue weighted by Crippen LogP contribution is 2.27. The van der Waals surface area contributed by atoms with Gasteiger partial charge in [-0.3, -0.25) is 4.79 Å². The van der Waals surface area contributed by atoms with Crippen molar-refractivity contribution in [3.8, 4) is 0 Å². The van der Waals surface area contributed by atoms with Crippen LogP contribution in [0.4, 0.5) is 0 Å². The number of rotatable bonds is 5. The molecule has 3 nitrogen and oxygen atoms in total. The lowest BCUT2D eigenvalue weighted by molar-refractivity contribution is -0.123. The van der Waals surface area contributed by atoms with Crippen molar-refractivity contribution in [2.45, 2.75) is 51.1 Å². The van der Waals surface area contributed by atoms with Gasteiger partial charge in [-0.15, -0.1) is 12.4 Å². The highest BCUT2D eigenvalue weighted by atomic mass is 35.5. The topological polar surface area (TPSA) is 55.1 Å². The number of hydrogen-bond acceptors (Lipinski definition) is 2. The Hall–Kier alpha value is -1.06. The van der Waals surface area contributed by atoms with Gasteiger partial charge in [-0.1, -0.05) is 43.2 Å². The summed E-state index contributed by atoms with van der Waals surface area (Å²) in [6, 6.07) is 9.73. The van der Waals surface area contributed by atoms with E-state index in [0.717, 1.165) is 5.56 Å². The van der Waals surface area contributed by atoms with Crippen LogP contribution >= 0.6 is 12.4 Å². The minimum atomic E-state index is -0.453. The zero-order chi connectivity index (χ0) is 13.7. The summed E-state index contributed by atoms with van der Waals surface area (Å²) in [7, 11) is 0. The molecule has 0 heterocycles. The van der Waals surface area contributed by atoms with Gasteiger partial charge < -0.3 is 11.1 Å². The molecule has 0 bridgehead atoms. The Kier molecular flexibility index (Phi) is 7.03. The van der Waals surface area contributed by atoms with Gasteiger partial charge in [-0.05, 0) is 37.7 Å². The van der Waals surface area contributed by atoms with E-state index in [1.54, 1.807) is 0 Å². The summed E-state index contributed by atoms with van der Waals surface area (Å²) < 4.78 is 0. The average Bonchev–Trinajstić information content (AvgIpc) is 2.93. The number of carbonyl (C=O) groups excluding carboxylic acids is 1. The molecule has 1 aliphatic carbocycles. The summed E-state index contributed by atoms with van der Waals surface area (Å²) in [6.07, 6.45) is 5.65. The van der Waals surface area contributed by atoms with Gasteiger partial charge in [0.05, 0.1) is 6.04 Å². The van der Waals surface area contributed by atoms with E-state index in [1.165, 1.54) is 25.7 Å². The third-order valence-electron chi connectivity index (χ3n) is 4.11. The number of nitrogens with two attached hydrogens (primary N) is 1. The van der Waals surface area contributed by atoms with Crippen molar-refractivity contribution in [3.05, 3.63) is 35.9 Å². The van der Waals surface area contributed by atoms with Crippen molar-refractivity contribution in [2.75, 3.05) is 0 Å². The molecule has 0 saturated heterocycles. The fourth-order valence-corrected chi connectivity index (χ4v) is 2.87. The summed E-state index contributed by atoms with van der Waals surface area (Å²) in [6.45, 7) is 2.10. The molecule has 1 aromatic carbocycles. The van der Waals surface area contributed by atoms with Crippen molar-refractivity contribution >= 4 is 18.3 Å². The third-order valence-corrected chi connectivity index (χ3v) is 4.11. The molecule has 112 valence electrons. The van der Waals surface area contributed by atoms with Gasteiger partial charge in [0.1, 0.15) is 0 Å². The minimum absolute atomic E-state index is 0. The van der Waals surface area contributed by atoms with Crippen LogP contribution in [0.1, 0.15) is 38.2 Å². The molecule has 0 radical (unpaired) electrons. The van der Waals surface area contributed by atoms with Crippen LogP contribution in [0.2, 0.25) is 0 Å². The zero-order valence-corrected chi connectivity index (χ0v) is 12.9. The first-order valence-corrected chi connectivity index (χ1v) is 7.26. The smallest absolute Gasteiger partial charge is 0.237 e. The first-order valence-electron chi connectivity index (χ1n) is 7.26. The molecule has 1 aliphatic rings. The predicted octanol–water partition coefficient (Wildman–Crippen LogP) is 2.67. The lowest BCUT2D eigenvalue weighted by Crippen LogP contribution is -2.47. The van der Waals surface area contributed by atoms with E-state index >= 15 is 0 Å². The number of benzene rings is 1. The molecule has 2 unspecified atom stereocenters. The molecule has 1 fully saturated rings. The molecule has 0 spiro atoms. The van der Waals surface area contributed by atoms with Gasteiger partial charge in [-0.25, -0.2) is 0 Å². The highest BCUT2D eigenvalue weighted by Gasteiger charge is 2.24. The molecule has 0 aliphatic heterocycles. The molecule has 2 rings (SSSR count). The van der Waals surface area contributed by atoms with Gasteiger partial charge >= 0.3 is 0 Å². The zero-order valence-electron chi connectivity index (χ0n) is 12.0. The van der Waals surface area contributed by atoms with Crippen LogP contribution in [0.15, 0.2) is 30.3 Å². The Bertz CT molecular complexity index is 404. The van der Waals surface area contributed by atoms with Crippen LogP contribution < -0.4 is 11.1 Å². The Morgan fingerprint density at radius 3 is 2.50 bits per heavy atom. The lowest BCUT2D eigenvalue weighted by atomic mass is 9.99. The molecule has 3 N–H and O–H groups in total. The summed E-state index contributed by atoms with van der Waals surface area (Å²) in [5.74, 6) is 0.608. The standard InChI is InChI=1S/C16H24N2O.ClH/c1-12(14-9-5-6-10-14)18-16(19)15(17)11-13-7-3-2-4-8-13;/h2-4,7-8,12,14-15H,5-6,9-11,17H2,1H3,(H,18,19);1H. The second-order valence-corrected chi connectivity index (χ2v) is 5.64. The van der Waals surface area contributed by atoms with Crippen LogP contribution in [0.3, 0.4) is 0 Å². The number of hydrogen-bond donors (Lipinski definition) is 2. The quantitative estimate of drug-likeness (QED) is 0.878. The summed E-state index contributed by atoms with van der Waals surface area (Å²) >= 11 is 0. The van der Waals surface area contributed by atoms with E-state index in [-0.39, 0.29) is 24.4 Å². The third kappa shape index (κ3) is 4.80. The van der Waals surface area contributed by atoms with Crippen molar-refractivity contribution in [1.82, 2.24) is 5.32 Å². The molecule has 1 saturated carbocycles. The maximum atomic E-state index is 12.1. The SMILES string of the molecule is CC(NC(=O)C(N)Cc1ccccc1)C1CCCC1.Cl. The van der Waals surface area contributed by atoms with Crippen LogP contribution in [-0.2, 0) is 11.2 Å². The number of carbonyl (C=O) groups is 1. The van der Waals surface area contributed by atoms with Crippen LogP contribution in [0.5, 0.6) is 0 Å². The summed E-state index contributed by atoms with van der Waals surface area (Å²) in [5, 5.41) is 3.08. The molecule has 2 atom stereocenters. The van der Waals surface area contributed by atoms with Gasteiger partial charge in [0.15, 0.2) is 0 Å². The van der Waals surface area contributed by atoms with Crippen molar-refractivity contribution in [2.24, 2.45) is 11.7 Å². The van der Waals surface area contributed by atoms with E-state index in [9.17, 15) is 4.79 Å². The van der Waals surface area contributed by atoms with E-state index in [1.807, 2.05) is 30.3 Å². The van der Waals surface area contributed by atoms with Crippen LogP contribution in [-0.4, -0.2) is 18.0 Å². The van der Waals surface area contributed by atoms with Crippen LogP contribution in [0.25, 0.3) is 0 Å². The Labute approximate surface area is 127 Å². The molecular weight excluding hydrogens is 272 g/mol. The Balaban J connectivity index is 0.00000200. The van der Waals surface area contributed by atoms with E-state index in [4.69, 9.17) is 5.73 Å². The van der Waals surface area contributed by atoms with Gasteiger partial charge in [0.2, 0.25) is 5.91 Å². The Morgan fingerprint density at radius 2 is 1.90 bits per heavy atom. The lowest BCUT2D eigenvalue weighted by Gasteiger charge is -2.22. The highest BCUT2D eigenvalue weighted by molar-refractivity contribution is 5.85. The monoisotopic (exact) mass is 296 g/mol. The first kappa shape index (κ1) is 17.0.